The lowest BCUT2D eigenvalue weighted by molar-refractivity contribution is 0.0683. The highest BCUT2D eigenvalue weighted by atomic mass is 79.9. The van der Waals surface area contributed by atoms with Crippen molar-refractivity contribution < 1.29 is 4.79 Å². The predicted octanol–water partition coefficient (Wildman–Crippen LogP) is 2.65. The largest absolute Gasteiger partial charge is 0.339 e. The maximum atomic E-state index is 13.1. The molecule has 0 radical (unpaired) electrons. The fourth-order valence-electron chi connectivity index (χ4n) is 4.12. The number of aromatic nitrogens is 1. The predicted molar refractivity (Wildman–Crippen MR) is 97.3 cm³/mol. The molecule has 2 fully saturated rings. The lowest BCUT2D eigenvalue weighted by atomic mass is 9.97. The highest BCUT2D eigenvalue weighted by molar-refractivity contribution is 9.10. The molecule has 24 heavy (non-hydrogen) atoms. The summed E-state index contributed by atoms with van der Waals surface area (Å²) in [5.74, 6) is -0.0736. The summed E-state index contributed by atoms with van der Waals surface area (Å²) in [6.07, 6.45) is 4.38. The van der Waals surface area contributed by atoms with Crippen molar-refractivity contribution in [3.8, 4) is 0 Å². The van der Waals surface area contributed by atoms with Crippen molar-refractivity contribution in [2.75, 3.05) is 7.05 Å². The molecule has 126 valence electrons. The molecule has 0 spiro atoms. The van der Waals surface area contributed by atoms with E-state index in [0.717, 1.165) is 22.7 Å². The zero-order valence-corrected chi connectivity index (χ0v) is 15.1. The zero-order valence-electron chi connectivity index (χ0n) is 13.5. The normalized spacial score (nSPS) is 25.8. The number of piperidine rings is 1. The number of hydrogen-bond acceptors (Lipinski definition) is 3. The van der Waals surface area contributed by atoms with Gasteiger partial charge in [-0.3, -0.25) is 9.59 Å². The number of halogens is 1. The first-order valence-corrected chi connectivity index (χ1v) is 9.17. The van der Waals surface area contributed by atoms with Gasteiger partial charge in [0, 0.05) is 41.1 Å². The first-order chi connectivity index (χ1) is 11.5. The smallest absolute Gasteiger partial charge is 0.254 e. The molecule has 2 atom stereocenters. The van der Waals surface area contributed by atoms with E-state index < -0.39 is 0 Å². The molecule has 1 aromatic heterocycles. The quantitative estimate of drug-likeness (QED) is 0.829. The molecule has 1 aromatic carbocycles. The lowest BCUT2D eigenvalue weighted by Gasteiger charge is -2.35. The van der Waals surface area contributed by atoms with Crippen molar-refractivity contribution in [1.29, 1.82) is 0 Å². The third kappa shape index (κ3) is 2.67. The summed E-state index contributed by atoms with van der Waals surface area (Å²) in [5.41, 5.74) is 0.895. The summed E-state index contributed by atoms with van der Waals surface area (Å²) < 4.78 is 0.786. The lowest BCUT2D eigenvalue weighted by Crippen LogP contribution is -2.48. The fourth-order valence-corrected chi connectivity index (χ4v) is 4.59. The number of carbonyl (C=O) groups is 1. The van der Waals surface area contributed by atoms with Gasteiger partial charge in [-0.2, -0.15) is 0 Å². The number of benzene rings is 1. The number of aromatic amines is 1. The summed E-state index contributed by atoms with van der Waals surface area (Å²) in [7, 11) is 1.86. The van der Waals surface area contributed by atoms with Gasteiger partial charge in [-0.15, -0.1) is 0 Å². The Bertz CT molecular complexity index is 851. The van der Waals surface area contributed by atoms with Crippen LogP contribution in [-0.2, 0) is 0 Å². The maximum Gasteiger partial charge on any atom is 0.254 e. The first-order valence-electron chi connectivity index (χ1n) is 8.37. The van der Waals surface area contributed by atoms with Crippen LogP contribution in [-0.4, -0.2) is 41.0 Å². The van der Waals surface area contributed by atoms with Crippen molar-refractivity contribution in [3.63, 3.8) is 0 Å². The van der Waals surface area contributed by atoms with Crippen molar-refractivity contribution >= 4 is 32.7 Å². The number of rotatable bonds is 2. The molecule has 2 aliphatic heterocycles. The summed E-state index contributed by atoms with van der Waals surface area (Å²) >= 11 is 3.45. The monoisotopic (exact) mass is 389 g/mol. The van der Waals surface area contributed by atoms with E-state index in [1.54, 1.807) is 0 Å². The summed E-state index contributed by atoms with van der Waals surface area (Å²) in [6, 6.07) is 8.32. The molecule has 2 saturated heterocycles. The van der Waals surface area contributed by atoms with E-state index in [4.69, 9.17) is 0 Å². The van der Waals surface area contributed by atoms with Gasteiger partial charge in [0.25, 0.3) is 5.91 Å². The van der Waals surface area contributed by atoms with E-state index in [-0.39, 0.29) is 17.5 Å². The summed E-state index contributed by atoms with van der Waals surface area (Å²) in [6.45, 7) is 0. The molecule has 2 bridgehead atoms. The third-order valence-electron chi connectivity index (χ3n) is 5.37. The molecule has 1 amide bonds. The maximum absolute atomic E-state index is 13.1. The number of carbonyl (C=O) groups excluding carboxylic acids is 1. The van der Waals surface area contributed by atoms with Crippen LogP contribution in [0.4, 0.5) is 0 Å². The number of fused-ring (bicyclic) bond motifs is 3. The first kappa shape index (κ1) is 15.8. The molecule has 0 aliphatic carbocycles. The van der Waals surface area contributed by atoms with Gasteiger partial charge in [0.05, 0.1) is 11.1 Å². The van der Waals surface area contributed by atoms with Gasteiger partial charge in [0.1, 0.15) is 0 Å². The molecular weight excluding hydrogens is 370 g/mol. The van der Waals surface area contributed by atoms with Gasteiger partial charge in [0.15, 0.2) is 0 Å². The average Bonchev–Trinajstić information content (AvgIpc) is 2.91. The van der Waals surface area contributed by atoms with Crippen LogP contribution in [0.5, 0.6) is 0 Å². The molecule has 4 rings (SSSR count). The third-order valence-corrected chi connectivity index (χ3v) is 6.03. The molecule has 2 unspecified atom stereocenters. The topological polar surface area (TPSA) is 65.2 Å². The van der Waals surface area contributed by atoms with Crippen LogP contribution >= 0.6 is 15.9 Å². The molecule has 6 heteroatoms. The Labute approximate surface area is 148 Å². The number of nitrogens with zero attached hydrogens (tertiary/aromatic N) is 1. The highest BCUT2D eigenvalue weighted by Crippen LogP contribution is 2.31. The molecule has 5 nitrogen and oxygen atoms in total. The second-order valence-corrected chi connectivity index (χ2v) is 7.74. The summed E-state index contributed by atoms with van der Waals surface area (Å²) in [4.78, 5) is 29.8. The van der Waals surface area contributed by atoms with Gasteiger partial charge in [-0.1, -0.05) is 12.1 Å². The van der Waals surface area contributed by atoms with Crippen molar-refractivity contribution in [2.24, 2.45) is 0 Å². The number of H-pyrrole nitrogens is 1. The van der Waals surface area contributed by atoms with Crippen LogP contribution in [0.15, 0.2) is 33.5 Å². The second kappa shape index (κ2) is 6.01. The van der Waals surface area contributed by atoms with E-state index in [0.29, 0.717) is 23.2 Å². The molecule has 0 saturated carbocycles. The minimum atomic E-state index is -0.253. The standard InChI is InChI=1S/C18H20BrN3O2/c1-22(12-7-10-5-6-11(8-12)20-10)18(24)14-9-16(23)21-17-13(14)3-2-4-15(17)19/h2-4,9-12,20H,5-8H2,1H3,(H,21,23). The van der Waals surface area contributed by atoms with Crippen LogP contribution < -0.4 is 10.9 Å². The molecule has 2 aromatic rings. The van der Waals surface area contributed by atoms with Crippen molar-refractivity contribution in [1.82, 2.24) is 15.2 Å². The van der Waals surface area contributed by atoms with Gasteiger partial charge < -0.3 is 15.2 Å². The second-order valence-electron chi connectivity index (χ2n) is 6.89. The average molecular weight is 390 g/mol. The van der Waals surface area contributed by atoms with E-state index in [1.165, 1.54) is 18.9 Å². The molecule has 2 N–H and O–H groups in total. The van der Waals surface area contributed by atoms with Gasteiger partial charge in [0.2, 0.25) is 5.56 Å². The minimum absolute atomic E-state index is 0.0736. The van der Waals surface area contributed by atoms with Crippen LogP contribution in [0.2, 0.25) is 0 Å². The zero-order chi connectivity index (χ0) is 16.8. The fraction of sp³-hybridized carbons (Fsp3) is 0.444. The van der Waals surface area contributed by atoms with Gasteiger partial charge >= 0.3 is 0 Å². The number of para-hydroxylation sites is 1. The Kier molecular flexibility index (Phi) is 3.96. The van der Waals surface area contributed by atoms with Crippen LogP contribution in [0.1, 0.15) is 36.0 Å². The van der Waals surface area contributed by atoms with E-state index in [2.05, 4.69) is 26.2 Å². The number of hydrogen-bond donors (Lipinski definition) is 2. The Morgan fingerprint density at radius 3 is 2.67 bits per heavy atom. The van der Waals surface area contributed by atoms with Crippen LogP contribution in [0.25, 0.3) is 10.9 Å². The number of pyridine rings is 1. The Hall–Kier alpha value is -1.66. The number of nitrogens with one attached hydrogen (secondary N) is 2. The SMILES string of the molecule is CN(C(=O)c1cc(=O)[nH]c2c(Br)cccc12)C1CC2CCC(C1)N2. The van der Waals surface area contributed by atoms with E-state index in [1.807, 2.05) is 30.1 Å². The Morgan fingerprint density at radius 2 is 1.96 bits per heavy atom. The van der Waals surface area contributed by atoms with Gasteiger partial charge in [-0.05, 0) is 47.7 Å². The summed E-state index contributed by atoms with van der Waals surface area (Å²) in [5, 5.41) is 4.38. The minimum Gasteiger partial charge on any atom is -0.339 e. The molecule has 3 heterocycles. The Balaban J connectivity index is 1.70. The molecular formula is C18H20BrN3O2. The van der Waals surface area contributed by atoms with Crippen molar-refractivity contribution in [2.45, 2.75) is 43.8 Å². The van der Waals surface area contributed by atoms with Crippen LogP contribution in [0, 0.1) is 0 Å². The van der Waals surface area contributed by atoms with E-state index in [9.17, 15) is 9.59 Å². The Morgan fingerprint density at radius 1 is 1.25 bits per heavy atom. The highest BCUT2D eigenvalue weighted by Gasteiger charge is 2.36. The number of amides is 1. The molecule has 2 aliphatic rings. The van der Waals surface area contributed by atoms with Crippen LogP contribution in [0.3, 0.4) is 0 Å². The van der Waals surface area contributed by atoms with Gasteiger partial charge in [-0.25, -0.2) is 0 Å². The van der Waals surface area contributed by atoms with Crippen molar-refractivity contribution in [3.05, 3.63) is 44.7 Å². The van der Waals surface area contributed by atoms with E-state index >= 15 is 0 Å².